The zero-order valence-electron chi connectivity index (χ0n) is 16.0. The number of amides is 2. The maximum absolute atomic E-state index is 12.5. The average Bonchev–Trinajstić information content (AvgIpc) is 3.29. The fourth-order valence-corrected chi connectivity index (χ4v) is 3.46. The highest BCUT2D eigenvalue weighted by atomic mass is 16.5. The van der Waals surface area contributed by atoms with Gasteiger partial charge >= 0.3 is 0 Å². The van der Waals surface area contributed by atoms with E-state index in [1.165, 1.54) is 0 Å². The second-order valence-corrected chi connectivity index (χ2v) is 7.13. The average molecular weight is 390 g/mol. The summed E-state index contributed by atoms with van der Waals surface area (Å²) >= 11 is 0. The van der Waals surface area contributed by atoms with Crippen molar-refractivity contribution >= 4 is 11.8 Å². The van der Waals surface area contributed by atoms with Crippen LogP contribution in [0.4, 0.5) is 0 Å². The summed E-state index contributed by atoms with van der Waals surface area (Å²) in [5, 5.41) is 6.81. The van der Waals surface area contributed by atoms with Crippen molar-refractivity contribution < 1.29 is 14.1 Å². The van der Waals surface area contributed by atoms with E-state index in [2.05, 4.69) is 15.5 Å². The molecule has 7 nitrogen and oxygen atoms in total. The molecule has 0 atom stereocenters. The molecule has 0 saturated carbocycles. The quantitative estimate of drug-likeness (QED) is 0.723. The Balaban J connectivity index is 1.26. The fraction of sp³-hybridized carbons (Fsp3) is 0.273. The van der Waals surface area contributed by atoms with Gasteiger partial charge in [-0.15, -0.1) is 0 Å². The first-order valence-corrected chi connectivity index (χ1v) is 9.70. The van der Waals surface area contributed by atoms with Crippen molar-refractivity contribution in [2.24, 2.45) is 5.92 Å². The molecule has 148 valence electrons. The van der Waals surface area contributed by atoms with Crippen LogP contribution in [0, 0.1) is 5.92 Å². The summed E-state index contributed by atoms with van der Waals surface area (Å²) in [5.41, 5.74) is 1.76. The summed E-state index contributed by atoms with van der Waals surface area (Å²) in [5.74, 6) is 0.664. The lowest BCUT2D eigenvalue weighted by Gasteiger charge is -2.32. The molecule has 29 heavy (non-hydrogen) atoms. The van der Waals surface area contributed by atoms with Crippen LogP contribution >= 0.6 is 0 Å². The topological polar surface area (TPSA) is 88.3 Å². The number of pyridine rings is 1. The standard InChI is InChI=1S/C22H22N4O3/c27-21(19-13-20(29-25-19)17-5-2-1-3-6-17)24-14-16-8-11-26(12-9-16)22(28)18-7-4-10-23-15-18/h1-7,10,13,15-16H,8-9,11-12,14H2,(H,24,27). The van der Waals surface area contributed by atoms with Crippen LogP contribution in [0.2, 0.25) is 0 Å². The summed E-state index contributed by atoms with van der Waals surface area (Å²) in [6.45, 7) is 1.91. The van der Waals surface area contributed by atoms with Crippen molar-refractivity contribution in [3.8, 4) is 11.3 Å². The molecule has 1 aromatic carbocycles. The van der Waals surface area contributed by atoms with Gasteiger partial charge in [-0.3, -0.25) is 14.6 Å². The van der Waals surface area contributed by atoms with Gasteiger partial charge in [0.1, 0.15) is 0 Å². The van der Waals surface area contributed by atoms with Crippen molar-refractivity contribution in [1.29, 1.82) is 0 Å². The smallest absolute Gasteiger partial charge is 0.273 e. The number of nitrogens with one attached hydrogen (secondary N) is 1. The van der Waals surface area contributed by atoms with Gasteiger partial charge in [0.15, 0.2) is 11.5 Å². The van der Waals surface area contributed by atoms with Gasteiger partial charge in [0.05, 0.1) is 5.56 Å². The van der Waals surface area contributed by atoms with Gasteiger partial charge in [0.25, 0.3) is 11.8 Å². The van der Waals surface area contributed by atoms with Gasteiger partial charge in [-0.05, 0) is 30.9 Å². The zero-order chi connectivity index (χ0) is 20.1. The number of hydrogen-bond donors (Lipinski definition) is 1. The minimum Gasteiger partial charge on any atom is -0.355 e. The second kappa shape index (κ2) is 8.68. The van der Waals surface area contributed by atoms with Crippen molar-refractivity contribution in [2.75, 3.05) is 19.6 Å². The van der Waals surface area contributed by atoms with Crippen LogP contribution in [-0.2, 0) is 0 Å². The highest BCUT2D eigenvalue weighted by Gasteiger charge is 2.24. The van der Waals surface area contributed by atoms with E-state index in [0.717, 1.165) is 18.4 Å². The number of carbonyl (C=O) groups excluding carboxylic acids is 2. The van der Waals surface area contributed by atoms with E-state index in [-0.39, 0.29) is 17.5 Å². The van der Waals surface area contributed by atoms with Gasteiger partial charge in [-0.25, -0.2) is 0 Å². The molecule has 2 aromatic heterocycles. The normalized spacial score (nSPS) is 14.6. The highest BCUT2D eigenvalue weighted by Crippen LogP contribution is 2.21. The van der Waals surface area contributed by atoms with E-state index in [4.69, 9.17) is 4.52 Å². The molecule has 0 bridgehead atoms. The van der Waals surface area contributed by atoms with Crippen LogP contribution in [0.5, 0.6) is 0 Å². The van der Waals surface area contributed by atoms with Crippen LogP contribution in [0.15, 0.2) is 65.4 Å². The summed E-state index contributed by atoms with van der Waals surface area (Å²) in [6.07, 6.45) is 4.94. The van der Waals surface area contributed by atoms with Crippen LogP contribution in [0.1, 0.15) is 33.7 Å². The molecule has 0 spiro atoms. The Labute approximate surface area is 168 Å². The molecule has 0 unspecified atom stereocenters. The number of carbonyl (C=O) groups is 2. The molecule has 7 heteroatoms. The highest BCUT2D eigenvalue weighted by molar-refractivity contribution is 5.94. The first kappa shape index (κ1) is 18.9. The maximum Gasteiger partial charge on any atom is 0.273 e. The van der Waals surface area contributed by atoms with E-state index in [9.17, 15) is 9.59 Å². The van der Waals surface area contributed by atoms with Gasteiger partial charge < -0.3 is 14.7 Å². The Kier molecular flexibility index (Phi) is 5.65. The van der Waals surface area contributed by atoms with Crippen molar-refractivity contribution in [3.63, 3.8) is 0 Å². The first-order chi connectivity index (χ1) is 14.2. The number of benzene rings is 1. The van der Waals surface area contributed by atoms with Gasteiger partial charge in [0.2, 0.25) is 0 Å². The molecule has 3 aromatic rings. The van der Waals surface area contributed by atoms with E-state index < -0.39 is 0 Å². The van der Waals surface area contributed by atoms with Gasteiger partial charge in [0, 0.05) is 43.7 Å². The minimum atomic E-state index is -0.246. The Bertz CT molecular complexity index is 964. The molecule has 0 aliphatic carbocycles. The lowest BCUT2D eigenvalue weighted by molar-refractivity contribution is 0.0683. The Hall–Kier alpha value is -3.48. The monoisotopic (exact) mass is 390 g/mol. The summed E-state index contributed by atoms with van der Waals surface area (Å²) in [4.78, 5) is 30.7. The van der Waals surface area contributed by atoms with Gasteiger partial charge in [-0.1, -0.05) is 35.5 Å². The van der Waals surface area contributed by atoms with Crippen LogP contribution in [-0.4, -0.2) is 46.5 Å². The Morgan fingerprint density at radius 3 is 2.62 bits per heavy atom. The number of piperidine rings is 1. The molecule has 1 fully saturated rings. The third kappa shape index (κ3) is 4.51. The van der Waals surface area contributed by atoms with Gasteiger partial charge in [-0.2, -0.15) is 0 Å². The summed E-state index contributed by atoms with van der Waals surface area (Å²) in [6, 6.07) is 14.7. The zero-order valence-corrected chi connectivity index (χ0v) is 16.0. The molecule has 0 radical (unpaired) electrons. The van der Waals surface area contributed by atoms with Crippen molar-refractivity contribution in [2.45, 2.75) is 12.8 Å². The van der Waals surface area contributed by atoms with Crippen LogP contribution < -0.4 is 5.32 Å². The lowest BCUT2D eigenvalue weighted by atomic mass is 9.96. The molecular formula is C22H22N4O3. The molecule has 1 aliphatic heterocycles. The van der Waals surface area contributed by atoms with E-state index in [1.54, 1.807) is 30.6 Å². The van der Waals surface area contributed by atoms with E-state index in [0.29, 0.717) is 36.9 Å². The number of nitrogens with zero attached hydrogens (tertiary/aromatic N) is 3. The van der Waals surface area contributed by atoms with E-state index in [1.807, 2.05) is 35.2 Å². The number of rotatable bonds is 5. The molecular weight excluding hydrogens is 368 g/mol. The Morgan fingerprint density at radius 2 is 1.90 bits per heavy atom. The van der Waals surface area contributed by atoms with Crippen molar-refractivity contribution in [1.82, 2.24) is 20.4 Å². The third-order valence-electron chi connectivity index (χ3n) is 5.16. The molecule has 1 aliphatic rings. The summed E-state index contributed by atoms with van der Waals surface area (Å²) < 4.78 is 5.29. The van der Waals surface area contributed by atoms with Crippen LogP contribution in [0.25, 0.3) is 11.3 Å². The SMILES string of the molecule is O=C(NCC1CCN(C(=O)c2cccnc2)CC1)c1cc(-c2ccccc2)on1. The molecule has 3 heterocycles. The molecule has 1 saturated heterocycles. The molecule has 4 rings (SSSR count). The predicted octanol–water partition coefficient (Wildman–Crippen LogP) is 3.02. The maximum atomic E-state index is 12.5. The lowest BCUT2D eigenvalue weighted by Crippen LogP contribution is -2.41. The van der Waals surface area contributed by atoms with Crippen LogP contribution in [0.3, 0.4) is 0 Å². The predicted molar refractivity (Wildman–Crippen MR) is 107 cm³/mol. The number of aromatic nitrogens is 2. The fourth-order valence-electron chi connectivity index (χ4n) is 3.46. The third-order valence-corrected chi connectivity index (χ3v) is 5.16. The minimum absolute atomic E-state index is 0.0108. The largest absolute Gasteiger partial charge is 0.355 e. The summed E-state index contributed by atoms with van der Waals surface area (Å²) in [7, 11) is 0. The number of hydrogen-bond acceptors (Lipinski definition) is 5. The number of likely N-dealkylation sites (tertiary alicyclic amines) is 1. The first-order valence-electron chi connectivity index (χ1n) is 9.70. The van der Waals surface area contributed by atoms with Crippen molar-refractivity contribution in [3.05, 3.63) is 72.2 Å². The Morgan fingerprint density at radius 1 is 1.10 bits per heavy atom. The second-order valence-electron chi connectivity index (χ2n) is 7.13. The molecule has 1 N–H and O–H groups in total. The van der Waals surface area contributed by atoms with E-state index >= 15 is 0 Å². The molecule has 2 amide bonds.